The lowest BCUT2D eigenvalue weighted by Crippen LogP contribution is -2.33. The molecule has 19 heavy (non-hydrogen) atoms. The standard InChI is InChI=1S/C16H26N2O/c1-13(11-16-5-3-2-4-10-17-16)18-15-8-6-14(12-19)7-9-15/h6-9,13,16-19H,2-5,10-12H2,1H3. The first-order valence-electron chi connectivity index (χ1n) is 7.47. The topological polar surface area (TPSA) is 44.3 Å². The Balaban J connectivity index is 1.80. The molecule has 1 heterocycles. The highest BCUT2D eigenvalue weighted by Gasteiger charge is 2.14. The van der Waals surface area contributed by atoms with E-state index in [-0.39, 0.29) is 6.61 Å². The molecular weight excluding hydrogens is 236 g/mol. The third-order valence-electron chi connectivity index (χ3n) is 3.85. The molecule has 1 aliphatic rings. The smallest absolute Gasteiger partial charge is 0.0681 e. The number of benzene rings is 1. The highest BCUT2D eigenvalue weighted by molar-refractivity contribution is 5.45. The van der Waals surface area contributed by atoms with Gasteiger partial charge in [-0.3, -0.25) is 0 Å². The number of hydrogen-bond donors (Lipinski definition) is 3. The number of hydrogen-bond acceptors (Lipinski definition) is 3. The van der Waals surface area contributed by atoms with E-state index in [9.17, 15) is 0 Å². The van der Waals surface area contributed by atoms with Gasteiger partial charge in [0.2, 0.25) is 0 Å². The fourth-order valence-electron chi connectivity index (χ4n) is 2.78. The largest absolute Gasteiger partial charge is 0.392 e. The Bertz CT molecular complexity index is 356. The van der Waals surface area contributed by atoms with E-state index in [1.807, 2.05) is 24.3 Å². The van der Waals surface area contributed by atoms with Crippen molar-refractivity contribution in [1.29, 1.82) is 0 Å². The Hall–Kier alpha value is -1.06. The van der Waals surface area contributed by atoms with Crippen LogP contribution < -0.4 is 10.6 Å². The summed E-state index contributed by atoms with van der Waals surface area (Å²) in [6.07, 6.45) is 6.52. The second-order valence-corrected chi connectivity index (χ2v) is 5.64. The summed E-state index contributed by atoms with van der Waals surface area (Å²) >= 11 is 0. The molecule has 0 bridgehead atoms. The monoisotopic (exact) mass is 262 g/mol. The maximum Gasteiger partial charge on any atom is 0.0681 e. The van der Waals surface area contributed by atoms with E-state index in [2.05, 4.69) is 17.6 Å². The zero-order valence-electron chi connectivity index (χ0n) is 11.9. The average Bonchev–Trinajstić information content (AvgIpc) is 2.68. The summed E-state index contributed by atoms with van der Waals surface area (Å²) in [6, 6.07) is 9.15. The Morgan fingerprint density at radius 2 is 2.05 bits per heavy atom. The van der Waals surface area contributed by atoms with Gasteiger partial charge in [0.15, 0.2) is 0 Å². The molecule has 1 fully saturated rings. The fourth-order valence-corrected chi connectivity index (χ4v) is 2.78. The molecule has 0 radical (unpaired) electrons. The fraction of sp³-hybridized carbons (Fsp3) is 0.625. The summed E-state index contributed by atoms with van der Waals surface area (Å²) in [5.74, 6) is 0. The molecule has 0 amide bonds. The minimum Gasteiger partial charge on any atom is -0.392 e. The summed E-state index contributed by atoms with van der Waals surface area (Å²) in [5, 5.41) is 16.2. The summed E-state index contributed by atoms with van der Waals surface area (Å²) in [5.41, 5.74) is 2.10. The quantitative estimate of drug-likeness (QED) is 0.764. The first-order valence-corrected chi connectivity index (χ1v) is 7.47. The van der Waals surface area contributed by atoms with Gasteiger partial charge in [0.1, 0.15) is 0 Å². The molecule has 1 saturated heterocycles. The molecule has 0 aromatic heterocycles. The number of nitrogens with one attached hydrogen (secondary N) is 2. The van der Waals surface area contributed by atoms with Gasteiger partial charge in [0, 0.05) is 17.8 Å². The van der Waals surface area contributed by atoms with Crippen LogP contribution in [-0.2, 0) is 6.61 Å². The predicted octanol–water partition coefficient (Wildman–Crippen LogP) is 2.90. The normalized spacial score (nSPS) is 21.7. The number of rotatable bonds is 5. The summed E-state index contributed by atoms with van der Waals surface area (Å²) in [6.45, 7) is 3.52. The number of anilines is 1. The summed E-state index contributed by atoms with van der Waals surface area (Å²) in [7, 11) is 0. The van der Waals surface area contributed by atoms with E-state index in [1.54, 1.807) is 0 Å². The van der Waals surface area contributed by atoms with Gasteiger partial charge in [-0.2, -0.15) is 0 Å². The Morgan fingerprint density at radius 3 is 2.79 bits per heavy atom. The number of aliphatic hydroxyl groups excluding tert-OH is 1. The van der Waals surface area contributed by atoms with Crippen LogP contribution in [0.1, 0.15) is 44.6 Å². The number of aliphatic hydroxyl groups is 1. The van der Waals surface area contributed by atoms with Crippen molar-refractivity contribution in [2.24, 2.45) is 0 Å². The highest BCUT2D eigenvalue weighted by atomic mass is 16.3. The second-order valence-electron chi connectivity index (χ2n) is 5.64. The van der Waals surface area contributed by atoms with Gasteiger partial charge in [0.25, 0.3) is 0 Å². The van der Waals surface area contributed by atoms with Crippen molar-refractivity contribution in [2.45, 2.75) is 57.7 Å². The van der Waals surface area contributed by atoms with Crippen LogP contribution in [0.3, 0.4) is 0 Å². The van der Waals surface area contributed by atoms with Gasteiger partial charge in [-0.25, -0.2) is 0 Å². The third-order valence-corrected chi connectivity index (χ3v) is 3.85. The lowest BCUT2D eigenvalue weighted by molar-refractivity contribution is 0.282. The van der Waals surface area contributed by atoms with E-state index < -0.39 is 0 Å². The molecule has 2 unspecified atom stereocenters. The van der Waals surface area contributed by atoms with Gasteiger partial charge in [0.05, 0.1) is 6.61 Å². The van der Waals surface area contributed by atoms with E-state index in [1.165, 1.54) is 38.6 Å². The maximum atomic E-state index is 9.02. The molecule has 2 atom stereocenters. The van der Waals surface area contributed by atoms with Crippen LogP contribution in [0.5, 0.6) is 0 Å². The first-order chi connectivity index (χ1) is 9.28. The van der Waals surface area contributed by atoms with E-state index in [0.717, 1.165) is 11.3 Å². The van der Waals surface area contributed by atoms with Crippen molar-refractivity contribution >= 4 is 5.69 Å². The molecule has 0 spiro atoms. The van der Waals surface area contributed by atoms with Crippen LogP contribution >= 0.6 is 0 Å². The van der Waals surface area contributed by atoms with Gasteiger partial charge < -0.3 is 15.7 Å². The molecule has 1 aromatic rings. The van der Waals surface area contributed by atoms with Crippen LogP contribution in [0.25, 0.3) is 0 Å². The van der Waals surface area contributed by atoms with Crippen LogP contribution in [0.15, 0.2) is 24.3 Å². The van der Waals surface area contributed by atoms with Gasteiger partial charge in [-0.1, -0.05) is 25.0 Å². The van der Waals surface area contributed by atoms with Gasteiger partial charge in [-0.15, -0.1) is 0 Å². The van der Waals surface area contributed by atoms with Gasteiger partial charge in [-0.05, 0) is 50.4 Å². The second kappa shape index (κ2) is 7.51. The Morgan fingerprint density at radius 1 is 1.26 bits per heavy atom. The van der Waals surface area contributed by atoms with Crippen molar-refractivity contribution in [3.8, 4) is 0 Å². The Kier molecular flexibility index (Phi) is 5.67. The summed E-state index contributed by atoms with van der Waals surface area (Å²) < 4.78 is 0. The molecule has 0 saturated carbocycles. The lowest BCUT2D eigenvalue weighted by atomic mass is 10.0. The minimum atomic E-state index is 0.113. The van der Waals surface area contributed by atoms with Crippen LogP contribution in [0.2, 0.25) is 0 Å². The van der Waals surface area contributed by atoms with Crippen molar-refractivity contribution in [3.05, 3.63) is 29.8 Å². The van der Waals surface area contributed by atoms with Crippen LogP contribution in [-0.4, -0.2) is 23.7 Å². The lowest BCUT2D eigenvalue weighted by Gasteiger charge is -2.22. The van der Waals surface area contributed by atoms with Gasteiger partial charge >= 0.3 is 0 Å². The predicted molar refractivity (Wildman–Crippen MR) is 80.3 cm³/mol. The van der Waals surface area contributed by atoms with Crippen LogP contribution in [0.4, 0.5) is 5.69 Å². The minimum absolute atomic E-state index is 0.113. The molecule has 3 nitrogen and oxygen atoms in total. The van der Waals surface area contributed by atoms with Crippen molar-refractivity contribution < 1.29 is 5.11 Å². The van der Waals surface area contributed by atoms with Crippen molar-refractivity contribution in [2.75, 3.05) is 11.9 Å². The van der Waals surface area contributed by atoms with E-state index >= 15 is 0 Å². The first kappa shape index (κ1) is 14.4. The van der Waals surface area contributed by atoms with E-state index in [4.69, 9.17) is 5.11 Å². The molecular formula is C16H26N2O. The molecule has 1 aliphatic heterocycles. The molecule has 106 valence electrons. The molecule has 1 aromatic carbocycles. The maximum absolute atomic E-state index is 9.02. The third kappa shape index (κ3) is 4.84. The van der Waals surface area contributed by atoms with Crippen molar-refractivity contribution in [1.82, 2.24) is 5.32 Å². The highest BCUT2D eigenvalue weighted by Crippen LogP contribution is 2.16. The zero-order chi connectivity index (χ0) is 13.5. The molecule has 2 rings (SSSR count). The Labute approximate surface area is 116 Å². The average molecular weight is 262 g/mol. The van der Waals surface area contributed by atoms with Crippen molar-refractivity contribution in [3.63, 3.8) is 0 Å². The zero-order valence-corrected chi connectivity index (χ0v) is 11.9. The summed E-state index contributed by atoms with van der Waals surface area (Å²) in [4.78, 5) is 0. The molecule has 3 N–H and O–H groups in total. The van der Waals surface area contributed by atoms with E-state index in [0.29, 0.717) is 12.1 Å². The molecule has 0 aliphatic carbocycles. The molecule has 3 heteroatoms. The SMILES string of the molecule is CC(CC1CCCCCN1)Nc1ccc(CO)cc1. The van der Waals surface area contributed by atoms with Crippen LogP contribution in [0, 0.1) is 0 Å².